The average molecular weight is 193 g/mol. The van der Waals surface area contributed by atoms with Gasteiger partial charge < -0.3 is 5.11 Å². The number of carbonyl (C=O) groups is 1. The highest BCUT2D eigenvalue weighted by atomic mass is 16.4. The molecule has 1 aromatic rings. The minimum Gasteiger partial charge on any atom is -0.465 e. The number of hydrogen-bond donors (Lipinski definition) is 2. The Morgan fingerprint density at radius 2 is 1.86 bits per heavy atom. The van der Waals surface area contributed by atoms with Crippen LogP contribution in [-0.2, 0) is 5.41 Å². The summed E-state index contributed by atoms with van der Waals surface area (Å²) in [5.41, 5.74) is 1.61. The van der Waals surface area contributed by atoms with Crippen LogP contribution in [0.1, 0.15) is 26.3 Å². The van der Waals surface area contributed by atoms with Crippen molar-refractivity contribution >= 4 is 11.8 Å². The molecule has 14 heavy (non-hydrogen) atoms. The second-order valence-corrected chi connectivity index (χ2v) is 4.23. The molecule has 0 spiro atoms. The molecule has 1 rings (SSSR count). The maximum Gasteiger partial charge on any atom is 0.409 e. The summed E-state index contributed by atoms with van der Waals surface area (Å²) in [4.78, 5) is 10.5. The highest BCUT2D eigenvalue weighted by Crippen LogP contribution is 2.28. The Labute approximate surface area is 83.8 Å². The van der Waals surface area contributed by atoms with Crippen molar-refractivity contribution in [3.63, 3.8) is 0 Å². The van der Waals surface area contributed by atoms with E-state index in [1.807, 2.05) is 18.2 Å². The van der Waals surface area contributed by atoms with Gasteiger partial charge in [-0.1, -0.05) is 39.0 Å². The van der Waals surface area contributed by atoms with Crippen molar-refractivity contribution in [2.24, 2.45) is 0 Å². The van der Waals surface area contributed by atoms with Gasteiger partial charge in [-0.05, 0) is 17.0 Å². The van der Waals surface area contributed by atoms with Crippen molar-refractivity contribution in [1.82, 2.24) is 0 Å². The molecule has 3 nitrogen and oxygen atoms in total. The van der Waals surface area contributed by atoms with Crippen LogP contribution in [0, 0.1) is 0 Å². The lowest BCUT2D eigenvalue weighted by Crippen LogP contribution is -2.17. The van der Waals surface area contributed by atoms with Crippen molar-refractivity contribution in [3.05, 3.63) is 29.8 Å². The third-order valence-corrected chi connectivity index (χ3v) is 1.98. The quantitative estimate of drug-likeness (QED) is 0.720. The second kappa shape index (κ2) is 3.70. The summed E-state index contributed by atoms with van der Waals surface area (Å²) in [5, 5.41) is 11.0. The molecule has 0 aliphatic carbocycles. The predicted molar refractivity (Wildman–Crippen MR) is 56.8 cm³/mol. The predicted octanol–water partition coefficient (Wildman–Crippen LogP) is 3.07. The lowest BCUT2D eigenvalue weighted by atomic mass is 9.86. The van der Waals surface area contributed by atoms with Gasteiger partial charge in [-0.3, -0.25) is 5.32 Å². The zero-order valence-electron chi connectivity index (χ0n) is 8.66. The molecule has 0 bridgehead atoms. The molecule has 0 fully saturated rings. The van der Waals surface area contributed by atoms with Gasteiger partial charge in [0.1, 0.15) is 0 Å². The zero-order valence-corrected chi connectivity index (χ0v) is 8.66. The minimum absolute atomic E-state index is 0.0565. The second-order valence-electron chi connectivity index (χ2n) is 4.23. The van der Waals surface area contributed by atoms with Crippen LogP contribution >= 0.6 is 0 Å². The maximum absolute atomic E-state index is 10.5. The fourth-order valence-electron chi connectivity index (χ4n) is 1.36. The molecule has 0 aliphatic heterocycles. The summed E-state index contributed by atoms with van der Waals surface area (Å²) in [7, 11) is 0. The van der Waals surface area contributed by atoms with Gasteiger partial charge in [0, 0.05) is 5.69 Å². The summed E-state index contributed by atoms with van der Waals surface area (Å²) >= 11 is 0. The Morgan fingerprint density at radius 3 is 2.36 bits per heavy atom. The average Bonchev–Trinajstić information content (AvgIpc) is 2.01. The van der Waals surface area contributed by atoms with E-state index in [0.717, 1.165) is 5.56 Å². The number of para-hydroxylation sites is 1. The number of amides is 1. The molecule has 76 valence electrons. The number of anilines is 1. The molecule has 0 radical (unpaired) electrons. The molecule has 1 aromatic carbocycles. The van der Waals surface area contributed by atoms with E-state index in [1.54, 1.807) is 6.07 Å². The SMILES string of the molecule is CC(C)(C)c1ccccc1NC(=O)O. The standard InChI is InChI=1S/C11H15NO2/c1-11(2,3)8-6-4-5-7-9(8)12-10(13)14/h4-7,12H,1-3H3,(H,13,14). The molecule has 0 aromatic heterocycles. The Bertz CT molecular complexity index is 339. The normalized spacial score (nSPS) is 11.1. The minimum atomic E-state index is -1.03. The first-order valence-corrected chi connectivity index (χ1v) is 4.51. The number of hydrogen-bond acceptors (Lipinski definition) is 1. The number of nitrogens with one attached hydrogen (secondary N) is 1. The number of carboxylic acid groups (broad SMARTS) is 1. The van der Waals surface area contributed by atoms with Gasteiger partial charge in [-0.2, -0.15) is 0 Å². The Kier molecular flexibility index (Phi) is 2.79. The maximum atomic E-state index is 10.5. The first-order valence-electron chi connectivity index (χ1n) is 4.51. The van der Waals surface area contributed by atoms with Crippen molar-refractivity contribution < 1.29 is 9.90 Å². The molecule has 0 aliphatic rings. The fraction of sp³-hybridized carbons (Fsp3) is 0.364. The van der Waals surface area contributed by atoms with E-state index >= 15 is 0 Å². The molecular weight excluding hydrogens is 178 g/mol. The molecule has 1 amide bonds. The summed E-state index contributed by atoms with van der Waals surface area (Å²) in [5.74, 6) is 0. The van der Waals surface area contributed by atoms with E-state index in [1.165, 1.54) is 0 Å². The van der Waals surface area contributed by atoms with Crippen molar-refractivity contribution in [1.29, 1.82) is 0 Å². The number of benzene rings is 1. The molecule has 0 saturated heterocycles. The molecule has 0 heterocycles. The van der Waals surface area contributed by atoms with Gasteiger partial charge in [-0.25, -0.2) is 4.79 Å². The summed E-state index contributed by atoms with van der Waals surface area (Å²) < 4.78 is 0. The van der Waals surface area contributed by atoms with Crippen LogP contribution in [0.3, 0.4) is 0 Å². The van der Waals surface area contributed by atoms with Gasteiger partial charge in [0.2, 0.25) is 0 Å². The summed E-state index contributed by atoms with van der Waals surface area (Å²) in [6.07, 6.45) is -1.03. The highest BCUT2D eigenvalue weighted by Gasteiger charge is 2.17. The van der Waals surface area contributed by atoms with Gasteiger partial charge in [0.15, 0.2) is 0 Å². The van der Waals surface area contributed by atoms with Crippen LogP contribution in [0.5, 0.6) is 0 Å². The Balaban J connectivity index is 3.10. The molecule has 2 N–H and O–H groups in total. The van der Waals surface area contributed by atoms with E-state index in [0.29, 0.717) is 5.69 Å². The Hall–Kier alpha value is -1.51. The van der Waals surface area contributed by atoms with Crippen molar-refractivity contribution in [2.75, 3.05) is 5.32 Å². The fourth-order valence-corrected chi connectivity index (χ4v) is 1.36. The van der Waals surface area contributed by atoms with Gasteiger partial charge in [0.05, 0.1) is 0 Å². The molecular formula is C11H15NO2. The van der Waals surface area contributed by atoms with E-state index in [4.69, 9.17) is 5.11 Å². The van der Waals surface area contributed by atoms with E-state index in [2.05, 4.69) is 26.1 Å². The largest absolute Gasteiger partial charge is 0.465 e. The van der Waals surface area contributed by atoms with Crippen LogP contribution in [0.2, 0.25) is 0 Å². The highest BCUT2D eigenvalue weighted by molar-refractivity contribution is 5.84. The monoisotopic (exact) mass is 193 g/mol. The lowest BCUT2D eigenvalue weighted by molar-refractivity contribution is 0.209. The third-order valence-electron chi connectivity index (χ3n) is 1.98. The van der Waals surface area contributed by atoms with Crippen molar-refractivity contribution in [2.45, 2.75) is 26.2 Å². The van der Waals surface area contributed by atoms with Gasteiger partial charge >= 0.3 is 6.09 Å². The molecule has 0 saturated carbocycles. The smallest absolute Gasteiger partial charge is 0.409 e. The Morgan fingerprint density at radius 1 is 1.29 bits per heavy atom. The molecule has 0 unspecified atom stereocenters. The van der Waals surface area contributed by atoms with Crippen LogP contribution in [-0.4, -0.2) is 11.2 Å². The summed E-state index contributed by atoms with van der Waals surface area (Å²) in [6, 6.07) is 7.44. The number of rotatable bonds is 1. The van der Waals surface area contributed by atoms with Crippen molar-refractivity contribution in [3.8, 4) is 0 Å². The topological polar surface area (TPSA) is 49.3 Å². The van der Waals surface area contributed by atoms with Crippen LogP contribution < -0.4 is 5.32 Å². The van der Waals surface area contributed by atoms with Gasteiger partial charge in [0.25, 0.3) is 0 Å². The van der Waals surface area contributed by atoms with E-state index < -0.39 is 6.09 Å². The first kappa shape index (κ1) is 10.6. The molecule has 3 heteroatoms. The van der Waals surface area contributed by atoms with E-state index in [9.17, 15) is 4.79 Å². The van der Waals surface area contributed by atoms with E-state index in [-0.39, 0.29) is 5.41 Å². The van der Waals surface area contributed by atoms with Gasteiger partial charge in [-0.15, -0.1) is 0 Å². The zero-order chi connectivity index (χ0) is 10.8. The van der Waals surface area contributed by atoms with Crippen LogP contribution in [0.25, 0.3) is 0 Å². The third kappa shape index (κ3) is 2.49. The van der Waals surface area contributed by atoms with Crippen LogP contribution in [0.15, 0.2) is 24.3 Å². The summed E-state index contributed by atoms with van der Waals surface area (Å²) in [6.45, 7) is 6.15. The lowest BCUT2D eigenvalue weighted by Gasteiger charge is -2.22. The first-order chi connectivity index (χ1) is 6.41. The molecule has 0 atom stereocenters. The van der Waals surface area contributed by atoms with Crippen LogP contribution in [0.4, 0.5) is 10.5 Å².